The third-order valence-corrected chi connectivity index (χ3v) is 4.28. The Morgan fingerprint density at radius 1 is 1.04 bits per heavy atom. The van der Waals surface area contributed by atoms with Gasteiger partial charge in [0, 0.05) is 17.3 Å². The number of aryl methyl sites for hydroxylation is 1. The zero-order valence-electron chi connectivity index (χ0n) is 13.5. The summed E-state index contributed by atoms with van der Waals surface area (Å²) >= 11 is 0. The largest absolute Gasteiger partial charge is 0.444 e. The van der Waals surface area contributed by atoms with Crippen LogP contribution in [-0.2, 0) is 0 Å². The zero-order valence-corrected chi connectivity index (χ0v) is 13.5. The molecular weight excluding hydrogens is 312 g/mol. The first-order chi connectivity index (χ1) is 12.3. The number of oxazole rings is 1. The minimum atomic E-state index is 0.580. The van der Waals surface area contributed by atoms with Crippen LogP contribution in [0.25, 0.3) is 33.9 Å². The topological polar surface area (TPSA) is 56.2 Å². The Balaban J connectivity index is 1.57. The minimum Gasteiger partial charge on any atom is -0.444 e. The Bertz CT molecular complexity index is 1160. The van der Waals surface area contributed by atoms with Crippen molar-refractivity contribution in [3.8, 4) is 22.7 Å². The van der Waals surface area contributed by atoms with Gasteiger partial charge in [0.05, 0.1) is 5.56 Å². The van der Waals surface area contributed by atoms with Gasteiger partial charge in [-0.05, 0) is 25.1 Å². The van der Waals surface area contributed by atoms with E-state index in [0.717, 1.165) is 33.9 Å². The van der Waals surface area contributed by atoms with Crippen molar-refractivity contribution in [2.75, 3.05) is 0 Å². The fourth-order valence-electron chi connectivity index (χ4n) is 2.90. The molecule has 0 N–H and O–H groups in total. The van der Waals surface area contributed by atoms with Gasteiger partial charge in [-0.1, -0.05) is 42.0 Å². The van der Waals surface area contributed by atoms with Crippen LogP contribution < -0.4 is 0 Å². The molecular formula is C20H14N4O. The maximum absolute atomic E-state index is 5.72. The Kier molecular flexibility index (Phi) is 2.94. The Hall–Kier alpha value is -3.47. The first kappa shape index (κ1) is 13.9. The second-order valence-electron chi connectivity index (χ2n) is 6.06. The molecule has 0 atom stereocenters. The molecule has 0 saturated heterocycles. The molecule has 0 spiro atoms. The lowest BCUT2D eigenvalue weighted by atomic mass is 10.1. The number of fused-ring (bicyclic) bond motifs is 1. The van der Waals surface area contributed by atoms with Crippen molar-refractivity contribution < 1.29 is 4.42 Å². The smallest absolute Gasteiger partial charge is 0.228 e. The molecule has 4 aromatic rings. The number of allylic oxidation sites excluding steroid dienone is 4. The fourth-order valence-corrected chi connectivity index (χ4v) is 2.90. The lowest BCUT2D eigenvalue weighted by Crippen LogP contribution is -1.96. The van der Waals surface area contributed by atoms with E-state index in [0.29, 0.717) is 5.89 Å². The lowest BCUT2D eigenvalue weighted by molar-refractivity contribution is 0.574. The van der Waals surface area contributed by atoms with Crippen molar-refractivity contribution in [2.24, 2.45) is 0 Å². The quantitative estimate of drug-likeness (QED) is 0.563. The van der Waals surface area contributed by atoms with E-state index >= 15 is 0 Å². The van der Waals surface area contributed by atoms with E-state index in [4.69, 9.17) is 4.42 Å². The molecule has 3 heterocycles. The monoisotopic (exact) mass is 326 g/mol. The van der Waals surface area contributed by atoms with Gasteiger partial charge in [0.1, 0.15) is 12.0 Å². The van der Waals surface area contributed by atoms with Gasteiger partial charge in [-0.3, -0.25) is 4.40 Å². The Morgan fingerprint density at radius 2 is 1.96 bits per heavy atom. The van der Waals surface area contributed by atoms with Crippen LogP contribution in [-0.4, -0.2) is 19.6 Å². The van der Waals surface area contributed by atoms with Crippen LogP contribution in [0.5, 0.6) is 0 Å². The van der Waals surface area contributed by atoms with Crippen molar-refractivity contribution in [3.63, 3.8) is 0 Å². The highest BCUT2D eigenvalue weighted by Gasteiger charge is 2.14. The van der Waals surface area contributed by atoms with E-state index in [1.807, 2.05) is 53.1 Å². The van der Waals surface area contributed by atoms with Crippen LogP contribution in [0.1, 0.15) is 11.4 Å². The highest BCUT2D eigenvalue weighted by atomic mass is 16.3. The van der Waals surface area contributed by atoms with Crippen molar-refractivity contribution in [1.82, 2.24) is 19.6 Å². The summed E-state index contributed by atoms with van der Waals surface area (Å²) in [6.45, 7) is 2.07. The molecule has 0 fully saturated rings. The molecule has 5 rings (SSSR count). The number of rotatable bonds is 3. The first-order valence-corrected chi connectivity index (χ1v) is 8.04. The molecule has 1 aliphatic rings. The Labute approximate surface area is 144 Å². The maximum Gasteiger partial charge on any atom is 0.228 e. The second kappa shape index (κ2) is 5.27. The lowest BCUT2D eigenvalue weighted by Gasteiger charge is -2.05. The van der Waals surface area contributed by atoms with Crippen LogP contribution in [0.4, 0.5) is 0 Å². The number of hydrogen-bond donors (Lipinski definition) is 0. The van der Waals surface area contributed by atoms with Gasteiger partial charge in [0.2, 0.25) is 5.89 Å². The summed E-state index contributed by atoms with van der Waals surface area (Å²) in [5, 5.41) is 8.46. The molecule has 120 valence electrons. The normalized spacial score (nSPS) is 13.1. The third kappa shape index (κ3) is 2.29. The van der Waals surface area contributed by atoms with Crippen LogP contribution in [0.2, 0.25) is 0 Å². The SMILES string of the molecule is Cc1cccc(-c2coc(-c3ccc4nnc(C5=CC=C5)n4c3)n2)c1. The van der Waals surface area contributed by atoms with Crippen LogP contribution in [0.3, 0.4) is 0 Å². The van der Waals surface area contributed by atoms with E-state index in [9.17, 15) is 0 Å². The third-order valence-electron chi connectivity index (χ3n) is 4.28. The standard InChI is InChI=1S/C20H14N4O/c1-13-4-2-7-15(10-13)17-12-25-20(21-17)16-8-9-18-22-23-19(24(18)11-16)14-5-3-6-14/h2-12H,1H3. The number of nitrogens with zero attached hydrogens (tertiary/aromatic N) is 4. The molecule has 5 nitrogen and oxygen atoms in total. The van der Waals surface area contributed by atoms with E-state index in [-0.39, 0.29) is 0 Å². The Morgan fingerprint density at radius 3 is 2.76 bits per heavy atom. The molecule has 1 aliphatic carbocycles. The second-order valence-corrected chi connectivity index (χ2v) is 6.06. The van der Waals surface area contributed by atoms with E-state index in [1.165, 1.54) is 5.56 Å². The van der Waals surface area contributed by atoms with Crippen molar-refractivity contribution >= 4 is 11.2 Å². The van der Waals surface area contributed by atoms with Crippen molar-refractivity contribution in [3.05, 3.63) is 78.5 Å². The number of hydrogen-bond acceptors (Lipinski definition) is 4. The summed E-state index contributed by atoms with van der Waals surface area (Å²) in [6, 6.07) is 12.1. The van der Waals surface area contributed by atoms with Gasteiger partial charge >= 0.3 is 0 Å². The minimum absolute atomic E-state index is 0.580. The number of pyridine rings is 1. The molecule has 0 saturated carbocycles. The highest BCUT2D eigenvalue weighted by Crippen LogP contribution is 2.27. The molecule has 5 heteroatoms. The zero-order chi connectivity index (χ0) is 16.8. The van der Waals surface area contributed by atoms with Crippen LogP contribution in [0, 0.1) is 6.92 Å². The molecule has 25 heavy (non-hydrogen) atoms. The molecule has 3 aromatic heterocycles. The average Bonchev–Trinajstić information content (AvgIpc) is 3.21. The van der Waals surface area contributed by atoms with E-state index < -0.39 is 0 Å². The average molecular weight is 326 g/mol. The van der Waals surface area contributed by atoms with Crippen molar-refractivity contribution in [1.29, 1.82) is 0 Å². The predicted octanol–water partition coefficient (Wildman–Crippen LogP) is 4.31. The van der Waals surface area contributed by atoms with Gasteiger partial charge in [0.15, 0.2) is 11.5 Å². The maximum atomic E-state index is 5.72. The summed E-state index contributed by atoms with van der Waals surface area (Å²) in [5.41, 5.74) is 5.82. The van der Waals surface area contributed by atoms with Crippen LogP contribution >= 0.6 is 0 Å². The predicted molar refractivity (Wildman–Crippen MR) is 95.8 cm³/mol. The number of aromatic nitrogens is 4. The number of benzene rings is 1. The molecule has 0 bridgehead atoms. The molecule has 0 amide bonds. The van der Waals surface area contributed by atoms with Crippen LogP contribution in [0.15, 0.2) is 71.5 Å². The van der Waals surface area contributed by atoms with Gasteiger partial charge in [-0.25, -0.2) is 4.98 Å². The molecule has 0 aliphatic heterocycles. The van der Waals surface area contributed by atoms with E-state index in [2.05, 4.69) is 34.2 Å². The van der Waals surface area contributed by atoms with Gasteiger partial charge in [-0.2, -0.15) is 0 Å². The van der Waals surface area contributed by atoms with Crippen molar-refractivity contribution in [2.45, 2.75) is 6.92 Å². The molecule has 0 unspecified atom stereocenters. The molecule has 1 aromatic carbocycles. The summed E-state index contributed by atoms with van der Waals surface area (Å²) < 4.78 is 7.68. The molecule has 0 radical (unpaired) electrons. The summed E-state index contributed by atoms with van der Waals surface area (Å²) in [6.07, 6.45) is 9.68. The summed E-state index contributed by atoms with van der Waals surface area (Å²) in [7, 11) is 0. The summed E-state index contributed by atoms with van der Waals surface area (Å²) in [4.78, 5) is 4.64. The highest BCUT2D eigenvalue weighted by molar-refractivity contribution is 5.79. The van der Waals surface area contributed by atoms with E-state index in [1.54, 1.807) is 6.26 Å². The first-order valence-electron chi connectivity index (χ1n) is 8.04. The van der Waals surface area contributed by atoms with Gasteiger partial charge in [-0.15, -0.1) is 10.2 Å². The summed E-state index contributed by atoms with van der Waals surface area (Å²) in [5.74, 6) is 1.40. The fraction of sp³-hybridized carbons (Fsp3) is 0.0500. The van der Waals surface area contributed by atoms with Gasteiger partial charge < -0.3 is 4.42 Å². The van der Waals surface area contributed by atoms with Gasteiger partial charge in [0.25, 0.3) is 0 Å².